The van der Waals surface area contributed by atoms with Gasteiger partial charge >= 0.3 is 0 Å². The van der Waals surface area contributed by atoms with Gasteiger partial charge in [0, 0.05) is 57.4 Å². The van der Waals surface area contributed by atoms with Crippen molar-refractivity contribution in [1.82, 2.24) is 20.9 Å². The van der Waals surface area contributed by atoms with Crippen LogP contribution >= 0.6 is 0 Å². The predicted octanol–water partition coefficient (Wildman–Crippen LogP) is 9.45. The van der Waals surface area contributed by atoms with Crippen molar-refractivity contribution >= 4 is 0 Å². The van der Waals surface area contributed by atoms with Gasteiger partial charge in [0.2, 0.25) is 0 Å². The lowest BCUT2D eigenvalue weighted by molar-refractivity contribution is 0.211. The van der Waals surface area contributed by atoms with Crippen molar-refractivity contribution in [2.24, 2.45) is 0 Å². The molecule has 13 nitrogen and oxygen atoms in total. The Morgan fingerprint density at radius 1 is 0.370 bits per heavy atom. The van der Waals surface area contributed by atoms with E-state index in [9.17, 15) is 0 Å². The first-order valence-corrected chi connectivity index (χ1v) is 25.8. The minimum Gasteiger partial charge on any atom is -0.493 e. The number of benzene rings is 6. The molecule has 0 saturated heterocycles. The van der Waals surface area contributed by atoms with E-state index >= 15 is 0 Å². The zero-order valence-corrected chi connectivity index (χ0v) is 43.4. The lowest BCUT2D eigenvalue weighted by atomic mass is 9.94. The summed E-state index contributed by atoms with van der Waals surface area (Å²) in [5.41, 5.74) is 10.2. The van der Waals surface area contributed by atoms with Gasteiger partial charge in [0.25, 0.3) is 0 Å². The highest BCUT2D eigenvalue weighted by Crippen LogP contribution is 2.41. The minimum atomic E-state index is 0.161. The van der Waals surface area contributed by atoms with E-state index in [1.54, 1.807) is 21.3 Å². The molecule has 13 aliphatic rings. The second-order valence-electron chi connectivity index (χ2n) is 19.0. The maximum Gasteiger partial charge on any atom is 0.161 e. The van der Waals surface area contributed by atoms with Gasteiger partial charge in [-0.1, -0.05) is 36.4 Å². The van der Waals surface area contributed by atoms with Crippen LogP contribution < -0.4 is 58.6 Å². The molecule has 1 aliphatic carbocycles. The van der Waals surface area contributed by atoms with Crippen LogP contribution in [0, 0.1) is 0 Å². The Labute approximate surface area is 431 Å². The third-order valence-corrected chi connectivity index (χ3v) is 14.2. The summed E-state index contributed by atoms with van der Waals surface area (Å²) in [6.45, 7) is 13.9. The van der Waals surface area contributed by atoms with Gasteiger partial charge in [0.1, 0.15) is 56.9 Å². The average Bonchev–Trinajstić information content (AvgIpc) is 3.46. The highest BCUT2D eigenvalue weighted by Gasteiger charge is 2.23. The Hall–Kier alpha value is -6.64. The summed E-state index contributed by atoms with van der Waals surface area (Å²) in [6, 6.07) is 38.2. The third kappa shape index (κ3) is 13.3. The van der Waals surface area contributed by atoms with Crippen LogP contribution in [0.2, 0.25) is 0 Å². The SMILES string of the molecule is COc1cc2c3cc1OCCOc1ccc(cc1)[C@@H](C)NCCN1CCN[C@H](C)c4ccc(cc4)OCCOc4cc(c(cc4OC)C3)Cc3cc(OC)c(cc3C2)OCCOc2ccc(cc2)[C@@H](C)NCC1. The average molecular weight is 993 g/mol. The molecule has 0 spiro atoms. The van der Waals surface area contributed by atoms with Crippen molar-refractivity contribution < 1.29 is 42.6 Å². The van der Waals surface area contributed by atoms with E-state index in [4.69, 9.17) is 42.6 Å². The molecule has 6 aromatic carbocycles. The maximum atomic E-state index is 6.48. The van der Waals surface area contributed by atoms with Crippen LogP contribution in [0.25, 0.3) is 0 Å². The molecular weight excluding hydrogens is 921 g/mol. The molecule has 16 bridgehead atoms. The van der Waals surface area contributed by atoms with Gasteiger partial charge in [-0.3, -0.25) is 4.90 Å². The predicted molar refractivity (Wildman–Crippen MR) is 285 cm³/mol. The Bertz CT molecular complexity index is 2440. The van der Waals surface area contributed by atoms with Crippen molar-refractivity contribution in [3.8, 4) is 51.7 Å². The zero-order chi connectivity index (χ0) is 50.5. The molecule has 12 heterocycles. The lowest BCUT2D eigenvalue weighted by Gasteiger charge is -2.26. The quantitative estimate of drug-likeness (QED) is 0.156. The molecule has 13 heteroatoms. The molecule has 0 saturated carbocycles. The van der Waals surface area contributed by atoms with Crippen molar-refractivity contribution in [3.05, 3.63) is 159 Å². The molecule has 0 radical (unpaired) electrons. The van der Waals surface area contributed by atoms with Crippen LogP contribution in [-0.2, 0) is 19.3 Å². The van der Waals surface area contributed by atoms with E-state index in [0.717, 1.165) is 89.9 Å². The summed E-state index contributed by atoms with van der Waals surface area (Å²) in [5.74, 6) is 6.26. The number of fused-ring (bicyclic) bond motifs is 1. The first-order valence-electron chi connectivity index (χ1n) is 25.8. The van der Waals surface area contributed by atoms with Gasteiger partial charge in [0.05, 0.1) is 21.3 Å². The van der Waals surface area contributed by atoms with Crippen LogP contribution in [0.4, 0.5) is 0 Å². The van der Waals surface area contributed by atoms with E-state index in [2.05, 4.69) is 114 Å². The summed E-state index contributed by atoms with van der Waals surface area (Å²) < 4.78 is 56.2. The number of methoxy groups -OCH3 is 3. The molecule has 0 aromatic heterocycles. The molecule has 0 fully saturated rings. The van der Waals surface area contributed by atoms with Gasteiger partial charge in [-0.15, -0.1) is 0 Å². The van der Waals surface area contributed by atoms with Crippen LogP contribution in [0.5, 0.6) is 51.7 Å². The van der Waals surface area contributed by atoms with Gasteiger partial charge in [-0.2, -0.15) is 0 Å². The summed E-state index contributed by atoms with van der Waals surface area (Å²) in [5, 5.41) is 11.3. The lowest BCUT2D eigenvalue weighted by Crippen LogP contribution is -2.41. The highest BCUT2D eigenvalue weighted by atomic mass is 16.6. The molecule has 6 aromatic rings. The van der Waals surface area contributed by atoms with E-state index < -0.39 is 0 Å². The monoisotopic (exact) mass is 993 g/mol. The van der Waals surface area contributed by atoms with Crippen molar-refractivity contribution in [3.63, 3.8) is 0 Å². The minimum absolute atomic E-state index is 0.161. The highest BCUT2D eigenvalue weighted by molar-refractivity contribution is 5.58. The Kier molecular flexibility index (Phi) is 17.5. The Balaban J connectivity index is 1.09. The van der Waals surface area contributed by atoms with Gasteiger partial charge in [0.15, 0.2) is 34.5 Å². The molecule has 0 unspecified atom stereocenters. The standard InChI is InChI=1S/C60H72N4O9/c1-40-43-7-13-52(14-8-43)68-25-28-71-58-37-49-31-47-35-56(66-5)60-39-51(47)33-48-36-57(67-6)59(38-50(48)32-46(49)34-55(58)65-4)72-29-26-69-53-15-9-44(10-16-53)41(2)62-20-23-64(22-19-61-40)24-21-63-42(3)45-11-17-54(18-12-45)70-27-30-73-60/h7-18,34-42,61-63H,19-33H2,1-6H3/t40-,41-,42-/m1/s1. The molecule has 386 valence electrons. The van der Waals surface area contributed by atoms with Crippen LogP contribution in [0.1, 0.15) is 89.0 Å². The number of hydrogen-bond donors (Lipinski definition) is 3. The van der Waals surface area contributed by atoms with Crippen LogP contribution in [0.3, 0.4) is 0 Å². The topological polar surface area (TPSA) is 122 Å². The summed E-state index contributed by atoms with van der Waals surface area (Å²) >= 11 is 0. The number of nitrogens with one attached hydrogen (secondary N) is 3. The summed E-state index contributed by atoms with van der Waals surface area (Å²) in [4.78, 5) is 2.52. The second-order valence-corrected chi connectivity index (χ2v) is 19.0. The van der Waals surface area contributed by atoms with E-state index in [1.807, 2.05) is 36.4 Å². The van der Waals surface area contributed by atoms with E-state index in [1.165, 1.54) is 16.7 Å². The molecule has 0 amide bonds. The first kappa shape index (κ1) is 51.3. The number of hydrogen-bond acceptors (Lipinski definition) is 13. The fourth-order valence-electron chi connectivity index (χ4n) is 9.85. The molecule has 19 rings (SSSR count). The number of nitrogens with zero attached hydrogens (tertiary/aromatic N) is 1. The smallest absolute Gasteiger partial charge is 0.161 e. The maximum absolute atomic E-state index is 6.48. The first-order chi connectivity index (χ1) is 35.7. The Morgan fingerprint density at radius 3 is 0.904 bits per heavy atom. The van der Waals surface area contributed by atoms with E-state index in [-0.39, 0.29) is 18.1 Å². The normalized spacial score (nSPS) is 20.1. The van der Waals surface area contributed by atoms with E-state index in [0.29, 0.717) is 93.4 Å². The second kappa shape index (κ2) is 24.9. The van der Waals surface area contributed by atoms with Crippen LogP contribution in [-0.4, -0.2) is 105 Å². The molecular formula is C60H72N4O9. The summed E-state index contributed by atoms with van der Waals surface area (Å²) in [6.07, 6.45) is 1.85. The van der Waals surface area contributed by atoms with Crippen LogP contribution in [0.15, 0.2) is 109 Å². The van der Waals surface area contributed by atoms with Gasteiger partial charge in [-0.05, 0) is 163 Å². The molecule has 3 atom stereocenters. The number of ether oxygens (including phenoxy) is 9. The molecule has 3 N–H and O–H groups in total. The molecule has 73 heavy (non-hydrogen) atoms. The van der Waals surface area contributed by atoms with Gasteiger partial charge in [-0.25, -0.2) is 0 Å². The van der Waals surface area contributed by atoms with Crippen molar-refractivity contribution in [1.29, 1.82) is 0 Å². The Morgan fingerprint density at radius 2 is 0.630 bits per heavy atom. The fourth-order valence-corrected chi connectivity index (χ4v) is 9.85. The van der Waals surface area contributed by atoms with Crippen molar-refractivity contribution in [2.45, 2.75) is 58.2 Å². The largest absolute Gasteiger partial charge is 0.493 e. The van der Waals surface area contributed by atoms with Crippen molar-refractivity contribution in [2.75, 3.05) is 100 Å². The number of rotatable bonds is 3. The molecule has 12 aliphatic heterocycles. The zero-order valence-electron chi connectivity index (χ0n) is 43.4. The fraction of sp³-hybridized carbons (Fsp3) is 0.400. The van der Waals surface area contributed by atoms with Gasteiger partial charge < -0.3 is 58.6 Å². The third-order valence-electron chi connectivity index (χ3n) is 14.2. The summed E-state index contributed by atoms with van der Waals surface area (Å²) in [7, 11) is 5.05.